The second kappa shape index (κ2) is 9.01. The molecule has 1 saturated heterocycles. The average Bonchev–Trinajstić information content (AvgIpc) is 3.42. The summed E-state index contributed by atoms with van der Waals surface area (Å²) in [6, 6.07) is 17.0. The molecule has 1 aliphatic rings. The number of hydrogen-bond donors (Lipinski definition) is 0. The van der Waals surface area contributed by atoms with E-state index in [4.69, 9.17) is 21.6 Å². The summed E-state index contributed by atoms with van der Waals surface area (Å²) in [6.45, 7) is 2.16. The predicted octanol–water partition coefficient (Wildman–Crippen LogP) is 5.15. The lowest BCUT2D eigenvalue weighted by Gasteiger charge is -2.12. The van der Waals surface area contributed by atoms with Gasteiger partial charge in [-0.1, -0.05) is 60.0 Å². The molecule has 0 unspecified atom stereocenters. The molecule has 4 aromatic rings. The lowest BCUT2D eigenvalue weighted by Crippen LogP contribution is -2.27. The van der Waals surface area contributed by atoms with Gasteiger partial charge in [0.15, 0.2) is 0 Å². The predicted molar refractivity (Wildman–Crippen MR) is 134 cm³/mol. The van der Waals surface area contributed by atoms with Crippen LogP contribution < -0.4 is 5.56 Å². The molecule has 5 rings (SSSR count). The van der Waals surface area contributed by atoms with Crippen molar-refractivity contribution in [3.05, 3.63) is 99.2 Å². The molecular formula is C24H17N3O3S3. The van der Waals surface area contributed by atoms with Gasteiger partial charge in [-0.3, -0.25) is 18.9 Å². The summed E-state index contributed by atoms with van der Waals surface area (Å²) in [4.78, 5) is 34.1. The highest BCUT2D eigenvalue weighted by Crippen LogP contribution is 2.35. The van der Waals surface area contributed by atoms with E-state index in [1.165, 1.54) is 32.8 Å². The van der Waals surface area contributed by atoms with Gasteiger partial charge in [-0.2, -0.15) is 0 Å². The highest BCUT2D eigenvalue weighted by Gasteiger charge is 2.33. The Hall–Kier alpha value is -3.14. The van der Waals surface area contributed by atoms with E-state index in [-0.39, 0.29) is 18.0 Å². The monoisotopic (exact) mass is 491 g/mol. The Morgan fingerprint density at radius 3 is 2.70 bits per heavy atom. The normalized spacial score (nSPS) is 15.2. The van der Waals surface area contributed by atoms with Crippen molar-refractivity contribution in [3.63, 3.8) is 0 Å². The molecule has 3 aromatic heterocycles. The largest absolute Gasteiger partial charge is 0.467 e. The van der Waals surface area contributed by atoms with Crippen LogP contribution in [0, 0.1) is 6.92 Å². The SMILES string of the molecule is Cc1ccc2nc(Sc3ccccc3)c(C=C3SC(=S)N(Cc4ccco4)C3=O)c(=O)n2c1. The minimum Gasteiger partial charge on any atom is -0.467 e. The topological polar surface area (TPSA) is 67.8 Å². The van der Waals surface area contributed by atoms with E-state index in [0.717, 1.165) is 10.5 Å². The third kappa shape index (κ3) is 4.39. The smallest absolute Gasteiger partial charge is 0.266 e. The van der Waals surface area contributed by atoms with E-state index in [1.54, 1.807) is 30.7 Å². The number of carbonyl (C=O) groups excluding carboxylic acids is 1. The van der Waals surface area contributed by atoms with Gasteiger partial charge in [-0.25, -0.2) is 4.98 Å². The molecule has 1 amide bonds. The Kier molecular flexibility index (Phi) is 5.92. The van der Waals surface area contributed by atoms with E-state index in [1.807, 2.05) is 49.4 Å². The Bertz CT molecular complexity index is 1460. The van der Waals surface area contributed by atoms with Crippen molar-refractivity contribution in [1.29, 1.82) is 0 Å². The minimum absolute atomic E-state index is 0.238. The molecule has 0 aliphatic carbocycles. The van der Waals surface area contributed by atoms with Gasteiger partial charge < -0.3 is 4.42 Å². The van der Waals surface area contributed by atoms with Crippen LogP contribution in [0.1, 0.15) is 16.9 Å². The molecule has 1 fully saturated rings. The van der Waals surface area contributed by atoms with Gasteiger partial charge in [0.05, 0.1) is 23.3 Å². The Balaban J connectivity index is 1.60. The number of fused-ring (bicyclic) bond motifs is 1. The third-order valence-electron chi connectivity index (χ3n) is 4.97. The molecule has 0 bridgehead atoms. The summed E-state index contributed by atoms with van der Waals surface area (Å²) in [5, 5.41) is 0.534. The number of hydrogen-bond acceptors (Lipinski definition) is 7. The number of benzene rings is 1. The molecule has 9 heteroatoms. The Labute approximate surface area is 203 Å². The first kappa shape index (κ1) is 21.7. The van der Waals surface area contributed by atoms with E-state index in [9.17, 15) is 9.59 Å². The van der Waals surface area contributed by atoms with Gasteiger partial charge in [-0.05, 0) is 48.9 Å². The highest BCUT2D eigenvalue weighted by molar-refractivity contribution is 8.26. The lowest BCUT2D eigenvalue weighted by molar-refractivity contribution is -0.122. The number of pyridine rings is 1. The molecule has 164 valence electrons. The van der Waals surface area contributed by atoms with Crippen LogP contribution in [0.4, 0.5) is 0 Å². The Morgan fingerprint density at radius 1 is 1.12 bits per heavy atom. The molecule has 0 radical (unpaired) electrons. The third-order valence-corrected chi connectivity index (χ3v) is 7.36. The van der Waals surface area contributed by atoms with Gasteiger partial charge in [0.25, 0.3) is 11.5 Å². The van der Waals surface area contributed by atoms with Crippen LogP contribution in [0.25, 0.3) is 11.7 Å². The van der Waals surface area contributed by atoms with Crippen LogP contribution in [0.5, 0.6) is 0 Å². The van der Waals surface area contributed by atoms with Gasteiger partial charge in [-0.15, -0.1) is 0 Å². The maximum absolute atomic E-state index is 13.5. The molecule has 4 heterocycles. The number of rotatable bonds is 5. The molecule has 0 atom stereocenters. The summed E-state index contributed by atoms with van der Waals surface area (Å²) in [5.41, 5.74) is 1.60. The minimum atomic E-state index is -0.259. The number of aryl methyl sites for hydroxylation is 1. The standard InChI is InChI=1S/C24H17N3O3S3/c1-15-9-10-20-25-21(32-17-7-3-2-4-8-17)18(22(28)26(20)13-15)12-19-23(29)27(24(31)33-19)14-16-6-5-11-30-16/h2-13H,14H2,1H3. The van der Waals surface area contributed by atoms with Gasteiger partial charge >= 0.3 is 0 Å². The number of furan rings is 1. The zero-order valence-corrected chi connectivity index (χ0v) is 19.9. The highest BCUT2D eigenvalue weighted by atomic mass is 32.2. The summed E-state index contributed by atoms with van der Waals surface area (Å²) in [6.07, 6.45) is 4.91. The lowest BCUT2D eigenvalue weighted by atomic mass is 10.2. The van der Waals surface area contributed by atoms with Gasteiger partial charge in [0.1, 0.15) is 20.8 Å². The summed E-state index contributed by atoms with van der Waals surface area (Å²) in [5.74, 6) is 0.376. The number of thioether (sulfide) groups is 1. The molecule has 1 aliphatic heterocycles. The average molecular weight is 492 g/mol. The maximum atomic E-state index is 13.5. The van der Waals surface area contributed by atoms with Crippen LogP contribution in [0.3, 0.4) is 0 Å². The quantitative estimate of drug-likeness (QED) is 0.217. The molecule has 33 heavy (non-hydrogen) atoms. The van der Waals surface area contributed by atoms with E-state index in [2.05, 4.69) is 0 Å². The van der Waals surface area contributed by atoms with Crippen LogP contribution in [0.15, 0.2) is 91.1 Å². The van der Waals surface area contributed by atoms with Crippen molar-refractivity contribution in [2.45, 2.75) is 23.4 Å². The van der Waals surface area contributed by atoms with Gasteiger partial charge in [0.2, 0.25) is 0 Å². The molecule has 0 N–H and O–H groups in total. The van der Waals surface area contributed by atoms with Crippen LogP contribution >= 0.6 is 35.7 Å². The first-order valence-corrected chi connectivity index (χ1v) is 12.1. The van der Waals surface area contributed by atoms with E-state index in [0.29, 0.717) is 31.2 Å². The fourth-order valence-electron chi connectivity index (χ4n) is 3.37. The molecular weight excluding hydrogens is 474 g/mol. The van der Waals surface area contributed by atoms with E-state index < -0.39 is 0 Å². The van der Waals surface area contributed by atoms with Crippen molar-refractivity contribution >= 4 is 57.7 Å². The number of aromatic nitrogens is 2. The second-order valence-corrected chi connectivity index (χ2v) is 10.1. The fourth-order valence-corrected chi connectivity index (χ4v) is 5.51. The first-order valence-electron chi connectivity index (χ1n) is 10.0. The second-order valence-electron chi connectivity index (χ2n) is 7.33. The van der Waals surface area contributed by atoms with Crippen molar-refractivity contribution < 1.29 is 9.21 Å². The summed E-state index contributed by atoms with van der Waals surface area (Å²) < 4.78 is 7.30. The van der Waals surface area contributed by atoms with Crippen molar-refractivity contribution in [1.82, 2.24) is 14.3 Å². The summed E-state index contributed by atoms with van der Waals surface area (Å²) >= 11 is 7.99. The number of carbonyl (C=O) groups is 1. The van der Waals surface area contributed by atoms with E-state index >= 15 is 0 Å². The van der Waals surface area contributed by atoms with Crippen LogP contribution in [-0.4, -0.2) is 24.5 Å². The van der Waals surface area contributed by atoms with Crippen molar-refractivity contribution in [3.8, 4) is 0 Å². The number of thiocarbonyl (C=S) groups is 1. The zero-order valence-electron chi connectivity index (χ0n) is 17.4. The van der Waals surface area contributed by atoms with Crippen LogP contribution in [0.2, 0.25) is 0 Å². The fraction of sp³-hybridized carbons (Fsp3) is 0.0833. The number of nitrogens with zero attached hydrogens (tertiary/aromatic N) is 3. The molecule has 6 nitrogen and oxygen atoms in total. The molecule has 0 saturated carbocycles. The first-order chi connectivity index (χ1) is 16.0. The van der Waals surface area contributed by atoms with Crippen molar-refractivity contribution in [2.75, 3.05) is 0 Å². The zero-order chi connectivity index (χ0) is 22.9. The number of amides is 1. The van der Waals surface area contributed by atoms with Gasteiger partial charge in [0, 0.05) is 11.1 Å². The Morgan fingerprint density at radius 2 is 1.94 bits per heavy atom. The maximum Gasteiger partial charge on any atom is 0.266 e. The summed E-state index contributed by atoms with van der Waals surface area (Å²) in [7, 11) is 0. The molecule has 0 spiro atoms. The van der Waals surface area contributed by atoms with Crippen LogP contribution in [-0.2, 0) is 11.3 Å². The molecule has 1 aromatic carbocycles. The van der Waals surface area contributed by atoms with Crippen molar-refractivity contribution in [2.24, 2.45) is 0 Å².